The maximum absolute atomic E-state index is 9.58. The molecule has 0 atom stereocenters. The van der Waals surface area contributed by atoms with Gasteiger partial charge in [-0.3, -0.25) is 0 Å². The lowest BCUT2D eigenvalue weighted by Crippen LogP contribution is -2.22. The highest BCUT2D eigenvalue weighted by Gasteiger charge is 2.14. The zero-order valence-electron chi connectivity index (χ0n) is 14.0. The second-order valence-electron chi connectivity index (χ2n) is 6.11. The monoisotopic (exact) mass is 327 g/mol. The molecule has 0 spiro atoms. The molecule has 0 aliphatic carbocycles. The standard InChI is InChI=1S/C17H21N5O2/c1-11(2)22-10-20-15-16(18-9-19-17(15)22)21(3)7-6-12-4-5-13(23)14(24)8-12/h4-5,8-11,23-24H,6-7H2,1-3H3. The molecule has 0 amide bonds. The summed E-state index contributed by atoms with van der Waals surface area (Å²) in [7, 11) is 1.95. The van der Waals surface area contributed by atoms with E-state index in [9.17, 15) is 10.2 Å². The molecule has 7 heteroatoms. The third-order valence-corrected chi connectivity index (χ3v) is 4.03. The molecule has 0 bridgehead atoms. The molecular weight excluding hydrogens is 306 g/mol. The first kappa shape index (κ1) is 16.0. The predicted octanol–water partition coefficient (Wildman–Crippen LogP) is 2.50. The molecule has 7 nitrogen and oxygen atoms in total. The van der Waals surface area contributed by atoms with Gasteiger partial charge in [-0.2, -0.15) is 0 Å². The number of phenolic OH excluding ortho intramolecular Hbond substituents is 2. The summed E-state index contributed by atoms with van der Waals surface area (Å²) >= 11 is 0. The molecular formula is C17H21N5O2. The van der Waals surface area contributed by atoms with Crippen molar-refractivity contribution in [2.24, 2.45) is 0 Å². The number of fused-ring (bicyclic) bond motifs is 1. The number of nitrogens with zero attached hydrogens (tertiary/aromatic N) is 5. The Morgan fingerprint density at radius 3 is 2.62 bits per heavy atom. The number of rotatable bonds is 5. The van der Waals surface area contributed by atoms with Gasteiger partial charge < -0.3 is 19.7 Å². The van der Waals surface area contributed by atoms with Gasteiger partial charge in [0.2, 0.25) is 0 Å². The molecule has 2 N–H and O–H groups in total. The maximum Gasteiger partial charge on any atom is 0.165 e. The molecule has 0 radical (unpaired) electrons. The molecule has 0 unspecified atom stereocenters. The first-order valence-electron chi connectivity index (χ1n) is 7.87. The lowest BCUT2D eigenvalue weighted by molar-refractivity contribution is 0.403. The highest BCUT2D eigenvalue weighted by molar-refractivity contribution is 5.83. The quantitative estimate of drug-likeness (QED) is 0.700. The number of likely N-dealkylation sites (N-methyl/N-ethyl adjacent to an activating group) is 1. The van der Waals surface area contributed by atoms with Gasteiger partial charge in [0.15, 0.2) is 28.5 Å². The molecule has 3 rings (SSSR count). The molecule has 0 saturated carbocycles. The molecule has 0 aliphatic heterocycles. The van der Waals surface area contributed by atoms with Crippen LogP contribution in [0.5, 0.6) is 11.5 Å². The zero-order chi connectivity index (χ0) is 17.3. The van der Waals surface area contributed by atoms with E-state index in [1.54, 1.807) is 24.8 Å². The Morgan fingerprint density at radius 1 is 1.12 bits per heavy atom. The van der Waals surface area contributed by atoms with Gasteiger partial charge in [-0.25, -0.2) is 15.0 Å². The fraction of sp³-hybridized carbons (Fsp3) is 0.353. The number of anilines is 1. The van der Waals surface area contributed by atoms with Gasteiger partial charge in [0.1, 0.15) is 6.33 Å². The number of benzene rings is 1. The minimum absolute atomic E-state index is 0.102. The molecule has 3 aromatic rings. The minimum Gasteiger partial charge on any atom is -0.504 e. The van der Waals surface area contributed by atoms with Gasteiger partial charge in [0.25, 0.3) is 0 Å². The van der Waals surface area contributed by atoms with Crippen LogP contribution >= 0.6 is 0 Å². The zero-order valence-corrected chi connectivity index (χ0v) is 14.0. The van der Waals surface area contributed by atoms with E-state index in [1.807, 2.05) is 16.5 Å². The van der Waals surface area contributed by atoms with Crippen molar-refractivity contribution < 1.29 is 10.2 Å². The van der Waals surface area contributed by atoms with Gasteiger partial charge in [-0.05, 0) is 38.0 Å². The van der Waals surface area contributed by atoms with Crippen molar-refractivity contribution in [3.05, 3.63) is 36.4 Å². The summed E-state index contributed by atoms with van der Waals surface area (Å²) in [5, 5.41) is 19.0. The second-order valence-corrected chi connectivity index (χ2v) is 6.11. The summed E-state index contributed by atoms with van der Waals surface area (Å²) in [5.74, 6) is 0.571. The molecule has 0 fully saturated rings. The number of hydrogen-bond donors (Lipinski definition) is 2. The largest absolute Gasteiger partial charge is 0.504 e. The number of phenols is 2. The Kier molecular flexibility index (Phi) is 4.24. The summed E-state index contributed by atoms with van der Waals surface area (Å²) in [6.07, 6.45) is 4.06. The third-order valence-electron chi connectivity index (χ3n) is 4.03. The smallest absolute Gasteiger partial charge is 0.165 e. The topological polar surface area (TPSA) is 87.3 Å². The van der Waals surface area contributed by atoms with Crippen LogP contribution in [0.4, 0.5) is 5.82 Å². The summed E-state index contributed by atoms with van der Waals surface area (Å²) in [4.78, 5) is 15.2. The normalized spacial score (nSPS) is 11.3. The van der Waals surface area contributed by atoms with Gasteiger partial charge >= 0.3 is 0 Å². The Balaban J connectivity index is 1.81. The molecule has 24 heavy (non-hydrogen) atoms. The lowest BCUT2D eigenvalue weighted by atomic mass is 10.1. The van der Waals surface area contributed by atoms with Crippen LogP contribution in [0.2, 0.25) is 0 Å². The van der Waals surface area contributed by atoms with E-state index < -0.39 is 0 Å². The van der Waals surface area contributed by atoms with E-state index in [-0.39, 0.29) is 17.5 Å². The minimum atomic E-state index is -0.108. The van der Waals surface area contributed by atoms with Crippen LogP contribution in [-0.2, 0) is 6.42 Å². The Bertz CT molecular complexity index is 859. The molecule has 0 aliphatic rings. The number of imidazole rings is 1. The number of hydrogen-bond acceptors (Lipinski definition) is 6. The maximum atomic E-state index is 9.58. The first-order chi connectivity index (χ1) is 11.5. The van der Waals surface area contributed by atoms with Gasteiger partial charge in [0, 0.05) is 19.6 Å². The van der Waals surface area contributed by atoms with E-state index in [1.165, 1.54) is 6.07 Å². The highest BCUT2D eigenvalue weighted by atomic mass is 16.3. The lowest BCUT2D eigenvalue weighted by Gasteiger charge is -2.18. The molecule has 0 saturated heterocycles. The van der Waals surface area contributed by atoms with Crippen LogP contribution in [0.3, 0.4) is 0 Å². The number of aromatic nitrogens is 4. The van der Waals surface area contributed by atoms with E-state index in [0.29, 0.717) is 13.0 Å². The van der Waals surface area contributed by atoms with Gasteiger partial charge in [-0.15, -0.1) is 0 Å². The van der Waals surface area contributed by atoms with Crippen LogP contribution in [0.15, 0.2) is 30.9 Å². The molecule has 126 valence electrons. The Morgan fingerprint density at radius 2 is 1.92 bits per heavy atom. The summed E-state index contributed by atoms with van der Waals surface area (Å²) < 4.78 is 2.02. The van der Waals surface area contributed by atoms with Crippen LogP contribution in [-0.4, -0.2) is 43.3 Å². The van der Waals surface area contributed by atoms with E-state index in [4.69, 9.17) is 0 Å². The summed E-state index contributed by atoms with van der Waals surface area (Å²) in [6, 6.07) is 5.15. The SMILES string of the molecule is CC(C)n1cnc2c(N(C)CCc3ccc(O)c(O)c3)ncnc21. The van der Waals surface area contributed by atoms with Crippen LogP contribution < -0.4 is 4.90 Å². The van der Waals surface area contributed by atoms with Crippen LogP contribution in [0, 0.1) is 0 Å². The average Bonchev–Trinajstić information content (AvgIpc) is 3.00. The van der Waals surface area contributed by atoms with Crippen molar-refractivity contribution in [2.45, 2.75) is 26.3 Å². The van der Waals surface area contributed by atoms with Crippen molar-refractivity contribution in [3.63, 3.8) is 0 Å². The van der Waals surface area contributed by atoms with Crippen molar-refractivity contribution >= 4 is 17.0 Å². The third kappa shape index (κ3) is 2.97. The summed E-state index contributed by atoms with van der Waals surface area (Å²) in [6.45, 7) is 4.87. The highest BCUT2D eigenvalue weighted by Crippen LogP contribution is 2.26. The number of aromatic hydroxyl groups is 2. The summed E-state index contributed by atoms with van der Waals surface area (Å²) in [5.41, 5.74) is 2.54. The fourth-order valence-electron chi connectivity index (χ4n) is 2.62. The van der Waals surface area contributed by atoms with Gasteiger partial charge in [-0.1, -0.05) is 6.07 Å². The molecule has 2 aromatic heterocycles. The fourth-order valence-corrected chi connectivity index (χ4v) is 2.62. The Labute approximate surface area is 140 Å². The van der Waals surface area contributed by atoms with Crippen molar-refractivity contribution in [1.29, 1.82) is 0 Å². The van der Waals surface area contributed by atoms with Crippen molar-refractivity contribution in [2.75, 3.05) is 18.5 Å². The van der Waals surface area contributed by atoms with Crippen molar-refractivity contribution in [1.82, 2.24) is 19.5 Å². The van der Waals surface area contributed by atoms with Gasteiger partial charge in [0.05, 0.1) is 6.33 Å². The predicted molar refractivity (Wildman–Crippen MR) is 92.5 cm³/mol. The van der Waals surface area contributed by atoms with Crippen molar-refractivity contribution in [3.8, 4) is 11.5 Å². The molecule has 2 heterocycles. The second kappa shape index (κ2) is 6.35. The van der Waals surface area contributed by atoms with E-state index in [2.05, 4.69) is 28.8 Å². The van der Waals surface area contributed by atoms with E-state index in [0.717, 1.165) is 22.5 Å². The first-order valence-corrected chi connectivity index (χ1v) is 7.87. The van der Waals surface area contributed by atoms with E-state index >= 15 is 0 Å². The van der Waals surface area contributed by atoms with Crippen LogP contribution in [0.25, 0.3) is 11.2 Å². The Hall–Kier alpha value is -2.83. The average molecular weight is 327 g/mol. The molecule has 1 aromatic carbocycles. The van der Waals surface area contributed by atoms with Crippen LogP contribution in [0.1, 0.15) is 25.5 Å².